The van der Waals surface area contributed by atoms with Gasteiger partial charge in [-0.05, 0) is 0 Å². The fourth-order valence-electron chi connectivity index (χ4n) is 1.47. The van der Waals surface area contributed by atoms with Crippen LogP contribution in [0.5, 0.6) is 0 Å². The number of hydrogen-bond acceptors (Lipinski definition) is 5. The average Bonchev–Trinajstić information content (AvgIpc) is 2.30. The van der Waals surface area contributed by atoms with Crippen molar-refractivity contribution in [2.24, 2.45) is 0 Å². The van der Waals surface area contributed by atoms with Gasteiger partial charge in [-0.1, -0.05) is 0 Å². The highest BCUT2D eigenvalue weighted by molar-refractivity contribution is 5.43. The highest BCUT2D eigenvalue weighted by atomic mass is 16.5. The first-order valence-electron chi connectivity index (χ1n) is 5.09. The van der Waals surface area contributed by atoms with E-state index in [0.717, 1.165) is 37.9 Å². The Morgan fingerprint density at radius 3 is 2.33 bits per heavy atom. The molecule has 1 fully saturated rings. The summed E-state index contributed by atoms with van der Waals surface area (Å²) in [5.41, 5.74) is 1.02. The van der Waals surface area contributed by atoms with Crippen molar-refractivity contribution in [3.8, 4) is 0 Å². The van der Waals surface area contributed by atoms with Crippen LogP contribution in [0.3, 0.4) is 0 Å². The largest absolute Gasteiger partial charge is 0.378 e. The van der Waals surface area contributed by atoms with Gasteiger partial charge in [0.1, 0.15) is 0 Å². The summed E-state index contributed by atoms with van der Waals surface area (Å²) in [5, 5.41) is 0. The topological polar surface area (TPSA) is 41.5 Å². The first-order valence-corrected chi connectivity index (χ1v) is 5.09. The van der Waals surface area contributed by atoms with Gasteiger partial charge < -0.3 is 14.5 Å². The monoisotopic (exact) mass is 208 g/mol. The van der Waals surface area contributed by atoms with Crippen molar-refractivity contribution in [1.29, 1.82) is 0 Å². The first kappa shape index (κ1) is 10.2. The van der Waals surface area contributed by atoms with Gasteiger partial charge in [-0.15, -0.1) is 0 Å². The van der Waals surface area contributed by atoms with E-state index in [1.165, 1.54) is 0 Å². The van der Waals surface area contributed by atoms with Gasteiger partial charge in [0.2, 0.25) is 5.95 Å². The summed E-state index contributed by atoms with van der Waals surface area (Å²) in [6, 6.07) is 0. The maximum absolute atomic E-state index is 5.28. The van der Waals surface area contributed by atoms with Crippen LogP contribution >= 0.6 is 0 Å². The molecule has 0 bridgehead atoms. The van der Waals surface area contributed by atoms with E-state index in [4.69, 9.17) is 4.74 Å². The van der Waals surface area contributed by atoms with Crippen molar-refractivity contribution >= 4 is 11.6 Å². The van der Waals surface area contributed by atoms with Crippen LogP contribution in [0.15, 0.2) is 12.4 Å². The van der Waals surface area contributed by atoms with Crippen LogP contribution in [0.4, 0.5) is 11.6 Å². The Hall–Kier alpha value is -1.36. The molecule has 82 valence electrons. The lowest BCUT2D eigenvalue weighted by Gasteiger charge is -2.26. The molecule has 0 saturated carbocycles. The highest BCUT2D eigenvalue weighted by Crippen LogP contribution is 2.12. The number of aromatic nitrogens is 2. The molecule has 5 heteroatoms. The Morgan fingerprint density at radius 2 is 1.80 bits per heavy atom. The lowest BCUT2D eigenvalue weighted by molar-refractivity contribution is 0.122. The van der Waals surface area contributed by atoms with E-state index in [2.05, 4.69) is 14.9 Å². The smallest absolute Gasteiger partial charge is 0.225 e. The Labute approximate surface area is 89.7 Å². The summed E-state index contributed by atoms with van der Waals surface area (Å²) in [5.74, 6) is 0.795. The second-order valence-corrected chi connectivity index (χ2v) is 3.74. The highest BCUT2D eigenvalue weighted by Gasteiger charge is 2.13. The minimum atomic E-state index is 0.763. The van der Waals surface area contributed by atoms with Gasteiger partial charge >= 0.3 is 0 Å². The third-order valence-corrected chi connectivity index (χ3v) is 2.43. The second kappa shape index (κ2) is 4.44. The Morgan fingerprint density at radius 1 is 1.20 bits per heavy atom. The number of morpholine rings is 1. The molecule has 2 rings (SSSR count). The van der Waals surface area contributed by atoms with Gasteiger partial charge in [0.25, 0.3) is 0 Å². The molecule has 5 nitrogen and oxygen atoms in total. The second-order valence-electron chi connectivity index (χ2n) is 3.74. The van der Waals surface area contributed by atoms with Crippen molar-refractivity contribution in [3.05, 3.63) is 12.4 Å². The molecule has 0 amide bonds. The number of nitrogens with zero attached hydrogens (tertiary/aromatic N) is 4. The predicted molar refractivity (Wildman–Crippen MR) is 59.4 cm³/mol. The van der Waals surface area contributed by atoms with Gasteiger partial charge in [-0.25, -0.2) is 9.97 Å². The van der Waals surface area contributed by atoms with E-state index in [1.54, 1.807) is 0 Å². The number of anilines is 2. The van der Waals surface area contributed by atoms with Crippen molar-refractivity contribution in [2.45, 2.75) is 0 Å². The van der Waals surface area contributed by atoms with Crippen molar-refractivity contribution in [1.82, 2.24) is 9.97 Å². The molecule has 0 atom stereocenters. The maximum atomic E-state index is 5.28. The van der Waals surface area contributed by atoms with Crippen LogP contribution in [0.2, 0.25) is 0 Å². The molecular formula is C10H16N4O. The van der Waals surface area contributed by atoms with Crippen LogP contribution in [0.25, 0.3) is 0 Å². The van der Waals surface area contributed by atoms with E-state index < -0.39 is 0 Å². The van der Waals surface area contributed by atoms with Crippen molar-refractivity contribution in [2.75, 3.05) is 50.2 Å². The molecule has 0 aromatic carbocycles. The molecule has 1 aliphatic heterocycles. The molecular weight excluding hydrogens is 192 g/mol. The fourth-order valence-corrected chi connectivity index (χ4v) is 1.47. The van der Waals surface area contributed by atoms with Gasteiger partial charge in [0.05, 0.1) is 31.3 Å². The summed E-state index contributed by atoms with van der Waals surface area (Å²) in [6.07, 6.45) is 3.69. The molecule has 0 radical (unpaired) electrons. The standard InChI is InChI=1S/C10H16N4O/c1-13(2)9-7-11-10(12-8-9)14-3-5-15-6-4-14/h7-8H,3-6H2,1-2H3. The van der Waals surface area contributed by atoms with E-state index in [0.29, 0.717) is 0 Å². The molecule has 0 N–H and O–H groups in total. The molecule has 1 aliphatic rings. The Bertz CT molecular complexity index is 306. The minimum absolute atomic E-state index is 0.763. The average molecular weight is 208 g/mol. The number of rotatable bonds is 2. The van der Waals surface area contributed by atoms with E-state index in [-0.39, 0.29) is 0 Å². The normalized spacial score (nSPS) is 16.5. The zero-order valence-electron chi connectivity index (χ0n) is 9.18. The zero-order valence-corrected chi connectivity index (χ0v) is 9.18. The molecule has 1 aromatic heterocycles. The van der Waals surface area contributed by atoms with Crippen molar-refractivity contribution < 1.29 is 4.74 Å². The molecule has 2 heterocycles. The Kier molecular flexibility index (Phi) is 3.01. The van der Waals surface area contributed by atoms with E-state index in [1.807, 2.05) is 31.4 Å². The molecule has 1 aromatic rings. The minimum Gasteiger partial charge on any atom is -0.378 e. The summed E-state index contributed by atoms with van der Waals surface area (Å²) in [4.78, 5) is 12.8. The van der Waals surface area contributed by atoms with Crippen LogP contribution in [0.1, 0.15) is 0 Å². The zero-order chi connectivity index (χ0) is 10.7. The van der Waals surface area contributed by atoms with E-state index in [9.17, 15) is 0 Å². The first-order chi connectivity index (χ1) is 7.27. The Balaban J connectivity index is 2.08. The predicted octanol–water partition coefficient (Wildman–Crippen LogP) is 0.379. The molecule has 1 saturated heterocycles. The van der Waals surface area contributed by atoms with Gasteiger partial charge in [-0.3, -0.25) is 0 Å². The third kappa shape index (κ3) is 2.36. The summed E-state index contributed by atoms with van der Waals surface area (Å²) < 4.78 is 5.28. The van der Waals surface area contributed by atoms with Crippen LogP contribution in [0, 0.1) is 0 Å². The maximum Gasteiger partial charge on any atom is 0.225 e. The van der Waals surface area contributed by atoms with Gasteiger partial charge in [0, 0.05) is 27.2 Å². The van der Waals surface area contributed by atoms with Crippen LogP contribution < -0.4 is 9.80 Å². The van der Waals surface area contributed by atoms with E-state index >= 15 is 0 Å². The number of ether oxygens (including phenoxy) is 1. The van der Waals surface area contributed by atoms with Crippen molar-refractivity contribution in [3.63, 3.8) is 0 Å². The number of hydrogen-bond donors (Lipinski definition) is 0. The molecule has 0 aliphatic carbocycles. The van der Waals surface area contributed by atoms with Gasteiger partial charge in [-0.2, -0.15) is 0 Å². The lowest BCUT2D eigenvalue weighted by Crippen LogP contribution is -2.37. The third-order valence-electron chi connectivity index (χ3n) is 2.43. The molecule has 0 unspecified atom stereocenters. The molecule has 15 heavy (non-hydrogen) atoms. The summed E-state index contributed by atoms with van der Waals surface area (Å²) >= 11 is 0. The molecule has 0 spiro atoms. The summed E-state index contributed by atoms with van der Waals surface area (Å²) in [6.45, 7) is 3.28. The SMILES string of the molecule is CN(C)c1cnc(N2CCOCC2)nc1. The quantitative estimate of drug-likeness (QED) is 0.703. The lowest BCUT2D eigenvalue weighted by atomic mass is 10.4. The fraction of sp³-hybridized carbons (Fsp3) is 0.600. The van der Waals surface area contributed by atoms with Crippen LogP contribution in [-0.2, 0) is 4.74 Å². The summed E-state index contributed by atoms with van der Waals surface area (Å²) in [7, 11) is 3.96. The van der Waals surface area contributed by atoms with Crippen LogP contribution in [-0.4, -0.2) is 50.4 Å². The van der Waals surface area contributed by atoms with Gasteiger partial charge in [0.15, 0.2) is 0 Å².